The van der Waals surface area contributed by atoms with Crippen molar-refractivity contribution in [2.75, 3.05) is 13.2 Å². The Hall–Kier alpha value is -2.38. The molecule has 3 N–H and O–H groups in total. The summed E-state index contributed by atoms with van der Waals surface area (Å²) in [5.74, 6) is 0.477. The zero-order valence-corrected chi connectivity index (χ0v) is 18.8. The molecule has 0 bridgehead atoms. The summed E-state index contributed by atoms with van der Waals surface area (Å²) in [7, 11) is 0. The van der Waals surface area contributed by atoms with Crippen LogP contribution < -0.4 is 15.5 Å². The molecule has 0 aromatic heterocycles. The topological polar surface area (TPSA) is 96.9 Å². The standard InChI is InChI=1S/C25H36N2O5/c28-23(27-30)16-13-19-11-14-21(15-12-19)31-18-6-17-26-24(20-7-2-1-3-8-20)25(29)32-22-9-4-5-10-22/h11-16,20,22,24,26,30H,1-10,17-18H2,(H,27,28)/t24-/m0/s1. The third-order valence-corrected chi connectivity index (χ3v) is 6.33. The van der Waals surface area contributed by atoms with E-state index in [0.717, 1.165) is 56.3 Å². The molecule has 1 atom stereocenters. The van der Waals surface area contributed by atoms with Crippen molar-refractivity contribution in [3.63, 3.8) is 0 Å². The second-order valence-corrected chi connectivity index (χ2v) is 8.75. The normalized spacial score (nSPS) is 18.5. The van der Waals surface area contributed by atoms with Crippen molar-refractivity contribution in [1.29, 1.82) is 0 Å². The molecule has 2 aliphatic carbocycles. The van der Waals surface area contributed by atoms with Gasteiger partial charge in [0.25, 0.3) is 5.91 Å². The Morgan fingerprint density at radius 3 is 2.41 bits per heavy atom. The van der Waals surface area contributed by atoms with Crippen molar-refractivity contribution in [3.8, 4) is 5.75 Å². The van der Waals surface area contributed by atoms with Gasteiger partial charge in [0, 0.05) is 6.08 Å². The third kappa shape index (κ3) is 7.95. The van der Waals surface area contributed by atoms with Crippen LogP contribution in [0.1, 0.15) is 69.8 Å². The first kappa shape index (κ1) is 24.3. The van der Waals surface area contributed by atoms with Gasteiger partial charge in [-0.15, -0.1) is 0 Å². The molecule has 32 heavy (non-hydrogen) atoms. The number of hydroxylamine groups is 1. The maximum absolute atomic E-state index is 12.9. The minimum Gasteiger partial charge on any atom is -0.494 e. The average Bonchev–Trinajstić information content (AvgIpc) is 3.34. The first-order valence-corrected chi connectivity index (χ1v) is 11.9. The summed E-state index contributed by atoms with van der Waals surface area (Å²) in [5, 5.41) is 12.0. The van der Waals surface area contributed by atoms with Crippen molar-refractivity contribution in [2.24, 2.45) is 5.92 Å². The van der Waals surface area contributed by atoms with Crippen LogP contribution in [-0.2, 0) is 14.3 Å². The van der Waals surface area contributed by atoms with Crippen LogP contribution in [0.4, 0.5) is 0 Å². The Balaban J connectivity index is 1.41. The predicted molar refractivity (Wildman–Crippen MR) is 122 cm³/mol. The van der Waals surface area contributed by atoms with Crippen molar-refractivity contribution >= 4 is 18.0 Å². The zero-order chi connectivity index (χ0) is 22.6. The van der Waals surface area contributed by atoms with E-state index in [9.17, 15) is 9.59 Å². The first-order chi connectivity index (χ1) is 15.7. The molecule has 0 saturated heterocycles. The fourth-order valence-electron chi connectivity index (χ4n) is 4.56. The summed E-state index contributed by atoms with van der Waals surface area (Å²) in [6.07, 6.45) is 13.9. The van der Waals surface area contributed by atoms with E-state index >= 15 is 0 Å². The lowest BCUT2D eigenvalue weighted by Crippen LogP contribution is -2.46. The van der Waals surface area contributed by atoms with Crippen molar-refractivity contribution < 1.29 is 24.3 Å². The average molecular weight is 445 g/mol. The van der Waals surface area contributed by atoms with E-state index in [2.05, 4.69) is 5.32 Å². The van der Waals surface area contributed by atoms with E-state index in [-0.39, 0.29) is 18.1 Å². The summed E-state index contributed by atoms with van der Waals surface area (Å²) in [4.78, 5) is 23.9. The number of nitrogens with one attached hydrogen (secondary N) is 2. The molecule has 7 heteroatoms. The summed E-state index contributed by atoms with van der Waals surface area (Å²) < 4.78 is 11.6. The highest BCUT2D eigenvalue weighted by Gasteiger charge is 2.32. The van der Waals surface area contributed by atoms with E-state index in [1.54, 1.807) is 11.6 Å². The molecule has 2 fully saturated rings. The molecule has 0 spiro atoms. The molecule has 1 amide bonds. The van der Waals surface area contributed by atoms with Gasteiger partial charge in [-0.05, 0) is 81.2 Å². The minimum atomic E-state index is -0.573. The number of hydrogen-bond donors (Lipinski definition) is 3. The van der Waals surface area contributed by atoms with E-state index < -0.39 is 5.91 Å². The number of esters is 1. The van der Waals surface area contributed by atoms with Crippen LogP contribution in [0.2, 0.25) is 0 Å². The Morgan fingerprint density at radius 1 is 1.03 bits per heavy atom. The van der Waals surface area contributed by atoms with Gasteiger partial charge in [0.05, 0.1) is 6.61 Å². The second kappa shape index (κ2) is 13.2. The van der Waals surface area contributed by atoms with E-state index in [4.69, 9.17) is 14.7 Å². The zero-order valence-electron chi connectivity index (χ0n) is 18.8. The van der Waals surface area contributed by atoms with E-state index in [0.29, 0.717) is 19.1 Å². The van der Waals surface area contributed by atoms with Gasteiger partial charge in [-0.25, -0.2) is 5.48 Å². The smallest absolute Gasteiger partial charge is 0.323 e. The molecular weight excluding hydrogens is 408 g/mol. The summed E-state index contributed by atoms with van der Waals surface area (Å²) in [6.45, 7) is 1.25. The van der Waals surface area contributed by atoms with Crippen molar-refractivity contribution in [3.05, 3.63) is 35.9 Å². The summed E-state index contributed by atoms with van der Waals surface area (Å²) in [6, 6.07) is 7.15. The van der Waals surface area contributed by atoms with Gasteiger partial charge in [-0.3, -0.25) is 14.8 Å². The van der Waals surface area contributed by atoms with Gasteiger partial charge in [0.1, 0.15) is 17.9 Å². The second-order valence-electron chi connectivity index (χ2n) is 8.75. The van der Waals surface area contributed by atoms with Gasteiger partial charge in [-0.2, -0.15) is 0 Å². The van der Waals surface area contributed by atoms with Crippen molar-refractivity contribution in [1.82, 2.24) is 10.8 Å². The van der Waals surface area contributed by atoms with Crippen LogP contribution in [0.3, 0.4) is 0 Å². The molecule has 0 aliphatic heterocycles. The molecular formula is C25H36N2O5. The number of amides is 1. The molecule has 7 nitrogen and oxygen atoms in total. The molecule has 0 heterocycles. The van der Waals surface area contributed by atoms with E-state index in [1.807, 2.05) is 24.3 Å². The van der Waals surface area contributed by atoms with Crippen LogP contribution in [0.5, 0.6) is 5.75 Å². The summed E-state index contributed by atoms with van der Waals surface area (Å²) >= 11 is 0. The quantitative estimate of drug-likeness (QED) is 0.157. The van der Waals surface area contributed by atoms with Gasteiger partial charge in [0.2, 0.25) is 0 Å². The fourth-order valence-corrected chi connectivity index (χ4v) is 4.56. The molecule has 3 rings (SSSR count). The van der Waals surface area contributed by atoms with E-state index in [1.165, 1.54) is 25.3 Å². The highest BCUT2D eigenvalue weighted by molar-refractivity contribution is 5.90. The lowest BCUT2D eigenvalue weighted by atomic mass is 9.84. The fraction of sp³-hybridized carbons (Fsp3) is 0.600. The Morgan fingerprint density at radius 2 is 1.72 bits per heavy atom. The third-order valence-electron chi connectivity index (χ3n) is 6.33. The largest absolute Gasteiger partial charge is 0.494 e. The van der Waals surface area contributed by atoms with Crippen LogP contribution in [0.25, 0.3) is 6.08 Å². The highest BCUT2D eigenvalue weighted by Crippen LogP contribution is 2.28. The number of carbonyl (C=O) groups excluding carboxylic acids is 2. The lowest BCUT2D eigenvalue weighted by molar-refractivity contribution is -0.153. The number of ether oxygens (including phenoxy) is 2. The van der Waals surface area contributed by atoms with Crippen LogP contribution in [0, 0.1) is 5.92 Å². The monoisotopic (exact) mass is 444 g/mol. The SMILES string of the molecule is O=C(C=Cc1ccc(OCCCN[C@H](C(=O)OC2CCCC2)C2CCCCC2)cc1)NO. The Labute approximate surface area is 190 Å². The molecule has 0 radical (unpaired) electrons. The van der Waals surface area contributed by atoms with Crippen LogP contribution >= 0.6 is 0 Å². The molecule has 2 saturated carbocycles. The van der Waals surface area contributed by atoms with Crippen LogP contribution in [0.15, 0.2) is 30.3 Å². The predicted octanol–water partition coefficient (Wildman–Crippen LogP) is 4.00. The Kier molecular flexibility index (Phi) is 10.0. The molecule has 0 unspecified atom stereocenters. The van der Waals surface area contributed by atoms with Gasteiger partial charge >= 0.3 is 5.97 Å². The van der Waals surface area contributed by atoms with Gasteiger partial charge < -0.3 is 14.8 Å². The number of carbonyl (C=O) groups is 2. The van der Waals surface area contributed by atoms with Gasteiger partial charge in [0.15, 0.2) is 0 Å². The molecule has 2 aliphatic rings. The Bertz CT molecular complexity index is 737. The highest BCUT2D eigenvalue weighted by atomic mass is 16.5. The maximum atomic E-state index is 12.9. The maximum Gasteiger partial charge on any atom is 0.323 e. The molecule has 176 valence electrons. The molecule has 1 aromatic carbocycles. The number of benzene rings is 1. The minimum absolute atomic E-state index is 0.0664. The number of hydrogen-bond acceptors (Lipinski definition) is 6. The molecule has 1 aromatic rings. The first-order valence-electron chi connectivity index (χ1n) is 11.9. The van der Waals surface area contributed by atoms with Gasteiger partial charge in [-0.1, -0.05) is 31.4 Å². The van der Waals surface area contributed by atoms with Crippen LogP contribution in [-0.4, -0.2) is 42.4 Å². The lowest BCUT2D eigenvalue weighted by Gasteiger charge is -2.30. The van der Waals surface area contributed by atoms with Crippen molar-refractivity contribution in [2.45, 2.75) is 76.4 Å². The summed E-state index contributed by atoms with van der Waals surface area (Å²) in [5.41, 5.74) is 2.39. The number of rotatable bonds is 11.